The minimum absolute atomic E-state index is 0.123. The molecule has 0 unspecified atom stereocenters. The van der Waals surface area contributed by atoms with Crippen LogP contribution in [0.4, 0.5) is 5.69 Å². The molecule has 0 aliphatic heterocycles. The molecular formula is C19H16ClN5O5S3. The topological polar surface area (TPSA) is 167 Å². The van der Waals surface area contributed by atoms with Gasteiger partial charge in [0.1, 0.15) is 9.79 Å². The van der Waals surface area contributed by atoms with Gasteiger partial charge in [-0.3, -0.25) is 9.20 Å². The van der Waals surface area contributed by atoms with Crippen LogP contribution in [0.25, 0.3) is 16.0 Å². The zero-order valence-corrected chi connectivity index (χ0v) is 20.0. The van der Waals surface area contributed by atoms with Gasteiger partial charge >= 0.3 is 0 Å². The van der Waals surface area contributed by atoms with Crippen molar-refractivity contribution < 1.29 is 21.6 Å². The molecule has 2 aromatic heterocycles. The average Bonchev–Trinajstić information content (AvgIpc) is 3.22. The number of sulfonamides is 2. The highest BCUT2D eigenvalue weighted by atomic mass is 35.5. The number of hydrogen-bond donors (Lipinski definition) is 3. The number of benzene rings is 2. The molecule has 0 fully saturated rings. The monoisotopic (exact) mass is 525 g/mol. The fourth-order valence-electron chi connectivity index (χ4n) is 3.28. The van der Waals surface area contributed by atoms with Crippen LogP contribution in [0.5, 0.6) is 0 Å². The maximum Gasteiger partial charge on any atom is 0.240 e. The van der Waals surface area contributed by atoms with E-state index in [0.717, 1.165) is 23.2 Å². The molecule has 0 aliphatic carbocycles. The van der Waals surface area contributed by atoms with Crippen LogP contribution >= 0.6 is 22.9 Å². The second-order valence-corrected chi connectivity index (χ2v) is 11.4. The van der Waals surface area contributed by atoms with Crippen LogP contribution in [0.15, 0.2) is 58.5 Å². The van der Waals surface area contributed by atoms with Crippen LogP contribution in [0, 0.1) is 6.92 Å². The first-order valence-electron chi connectivity index (χ1n) is 9.11. The lowest BCUT2D eigenvalue weighted by atomic mass is 10.2. The highest BCUT2D eigenvalue weighted by molar-refractivity contribution is 7.90. The van der Waals surface area contributed by atoms with Crippen molar-refractivity contribution in [3.05, 3.63) is 64.3 Å². The standard InChI is InChI=1S/C19H16ClN5O5S3/c1-10-18(31-19-24-12-4-2-3-5-14(12)25(10)19)15(26)6-7-23-13-8-11(20)16(32(21,27)28)9-17(13)33(22,29)30/h2-9,23H,1H3,(H2,21,27,28)(H2,22,29,30)/b7-6+. The van der Waals surface area contributed by atoms with E-state index >= 15 is 0 Å². The van der Waals surface area contributed by atoms with Gasteiger partial charge in [-0.2, -0.15) is 0 Å². The van der Waals surface area contributed by atoms with Gasteiger partial charge in [-0.25, -0.2) is 32.1 Å². The average molecular weight is 526 g/mol. The quantitative estimate of drug-likeness (QED) is 0.257. The summed E-state index contributed by atoms with van der Waals surface area (Å²) in [5.74, 6) is -0.344. The van der Waals surface area contributed by atoms with Crippen LogP contribution in [0.1, 0.15) is 15.4 Å². The van der Waals surface area contributed by atoms with Crippen LogP contribution in [0.3, 0.4) is 0 Å². The Morgan fingerprint density at radius 1 is 1.12 bits per heavy atom. The van der Waals surface area contributed by atoms with Crippen LogP contribution < -0.4 is 15.6 Å². The number of hydrogen-bond acceptors (Lipinski definition) is 8. The van der Waals surface area contributed by atoms with Crippen molar-refractivity contribution in [2.24, 2.45) is 10.3 Å². The molecule has 14 heteroatoms. The van der Waals surface area contributed by atoms with Crippen molar-refractivity contribution in [2.45, 2.75) is 16.7 Å². The first kappa shape index (κ1) is 23.4. The molecular weight excluding hydrogens is 510 g/mol. The molecule has 0 amide bonds. The number of para-hydroxylation sites is 2. The summed E-state index contributed by atoms with van der Waals surface area (Å²) in [6, 6.07) is 9.36. The second kappa shape index (κ2) is 8.20. The van der Waals surface area contributed by atoms with E-state index < -0.39 is 29.8 Å². The molecule has 33 heavy (non-hydrogen) atoms. The first-order chi connectivity index (χ1) is 15.4. The summed E-state index contributed by atoms with van der Waals surface area (Å²) in [7, 11) is -8.63. The summed E-state index contributed by atoms with van der Waals surface area (Å²) in [5, 5.41) is 12.6. The number of ketones is 1. The molecule has 2 heterocycles. The Hall–Kier alpha value is -2.81. The number of rotatable bonds is 6. The fraction of sp³-hybridized carbons (Fsp3) is 0.0526. The number of carbonyl (C=O) groups excluding carboxylic acids is 1. The van der Waals surface area contributed by atoms with E-state index in [-0.39, 0.29) is 16.5 Å². The number of fused-ring (bicyclic) bond motifs is 3. The van der Waals surface area contributed by atoms with E-state index in [4.69, 9.17) is 21.9 Å². The third kappa shape index (κ3) is 4.38. The molecule has 4 aromatic rings. The zero-order chi connectivity index (χ0) is 24.1. The van der Waals surface area contributed by atoms with E-state index in [1.165, 1.54) is 23.6 Å². The molecule has 2 aromatic carbocycles. The SMILES string of the molecule is Cc1c(C(=O)/C=C/Nc2cc(Cl)c(S(N)(=O)=O)cc2S(N)(=O)=O)sc2nc3ccccc3n12. The Balaban J connectivity index is 1.66. The largest absolute Gasteiger partial charge is 0.360 e. The molecule has 0 saturated carbocycles. The Morgan fingerprint density at radius 2 is 1.79 bits per heavy atom. The van der Waals surface area contributed by atoms with E-state index in [2.05, 4.69) is 10.3 Å². The highest BCUT2D eigenvalue weighted by Gasteiger charge is 2.22. The minimum Gasteiger partial charge on any atom is -0.360 e. The van der Waals surface area contributed by atoms with E-state index in [1.807, 2.05) is 28.7 Å². The molecule has 0 saturated heterocycles. The zero-order valence-electron chi connectivity index (χ0n) is 16.8. The van der Waals surface area contributed by atoms with Crippen LogP contribution in [0.2, 0.25) is 5.02 Å². The van der Waals surface area contributed by atoms with Gasteiger partial charge < -0.3 is 5.32 Å². The van der Waals surface area contributed by atoms with Crippen molar-refractivity contribution in [3.8, 4) is 0 Å². The Morgan fingerprint density at radius 3 is 2.45 bits per heavy atom. The second-order valence-electron chi connectivity index (χ2n) is 6.95. The molecule has 0 aliphatic rings. The highest BCUT2D eigenvalue weighted by Crippen LogP contribution is 2.31. The number of aromatic nitrogens is 2. The summed E-state index contributed by atoms with van der Waals surface area (Å²) >= 11 is 7.16. The minimum atomic E-state index is -4.34. The molecule has 0 radical (unpaired) electrons. The normalized spacial score (nSPS) is 12.7. The number of allylic oxidation sites excluding steroid dienone is 1. The summed E-state index contributed by atoms with van der Waals surface area (Å²) < 4.78 is 49.1. The molecule has 5 N–H and O–H groups in total. The van der Waals surface area contributed by atoms with Crippen molar-refractivity contribution in [2.75, 3.05) is 5.32 Å². The number of thiazole rings is 1. The van der Waals surface area contributed by atoms with Gasteiger partial charge in [0, 0.05) is 18.0 Å². The van der Waals surface area contributed by atoms with E-state index in [1.54, 1.807) is 6.92 Å². The number of imidazole rings is 1. The van der Waals surface area contributed by atoms with Gasteiger partial charge in [0.15, 0.2) is 10.7 Å². The molecule has 0 spiro atoms. The van der Waals surface area contributed by atoms with Gasteiger partial charge in [-0.1, -0.05) is 35.1 Å². The van der Waals surface area contributed by atoms with Crippen molar-refractivity contribution in [1.82, 2.24) is 9.38 Å². The molecule has 4 rings (SSSR count). The molecule has 10 nitrogen and oxygen atoms in total. The summed E-state index contributed by atoms with van der Waals surface area (Å²) in [6.45, 7) is 1.80. The van der Waals surface area contributed by atoms with Gasteiger partial charge in [0.05, 0.1) is 26.6 Å². The summed E-state index contributed by atoms with van der Waals surface area (Å²) in [6.07, 6.45) is 2.41. The number of primary sulfonamides is 2. The lowest BCUT2D eigenvalue weighted by Gasteiger charge is -2.11. The molecule has 0 atom stereocenters. The summed E-state index contributed by atoms with van der Waals surface area (Å²) in [5.41, 5.74) is 2.29. The maximum atomic E-state index is 12.8. The lowest BCUT2D eigenvalue weighted by molar-refractivity contribution is 0.104. The third-order valence-corrected chi connectivity index (χ3v) is 8.22. The van der Waals surface area contributed by atoms with Crippen LogP contribution in [-0.2, 0) is 20.0 Å². The molecule has 172 valence electrons. The Labute approximate surface area is 197 Å². The molecule has 0 bridgehead atoms. The summed E-state index contributed by atoms with van der Waals surface area (Å²) in [4.78, 5) is 17.3. The van der Waals surface area contributed by atoms with Crippen molar-refractivity contribution in [1.29, 1.82) is 0 Å². The number of aryl methyl sites for hydroxylation is 1. The number of halogens is 1. The maximum absolute atomic E-state index is 12.8. The number of nitrogens with two attached hydrogens (primary N) is 2. The smallest absolute Gasteiger partial charge is 0.240 e. The van der Waals surface area contributed by atoms with Crippen LogP contribution in [-0.4, -0.2) is 32.0 Å². The van der Waals surface area contributed by atoms with Gasteiger partial charge in [-0.15, -0.1) is 0 Å². The van der Waals surface area contributed by atoms with E-state index in [9.17, 15) is 21.6 Å². The van der Waals surface area contributed by atoms with E-state index in [0.29, 0.717) is 15.5 Å². The fourth-order valence-corrected chi connectivity index (χ4v) is 6.22. The predicted molar refractivity (Wildman–Crippen MR) is 127 cm³/mol. The van der Waals surface area contributed by atoms with Crippen molar-refractivity contribution >= 4 is 70.4 Å². The first-order valence-corrected chi connectivity index (χ1v) is 13.4. The van der Waals surface area contributed by atoms with Crippen molar-refractivity contribution in [3.63, 3.8) is 0 Å². The predicted octanol–water partition coefficient (Wildman–Crippen LogP) is 2.61. The van der Waals surface area contributed by atoms with Gasteiger partial charge in [-0.05, 0) is 31.2 Å². The third-order valence-electron chi connectivity index (χ3n) is 4.73. The van der Waals surface area contributed by atoms with Gasteiger partial charge in [0.25, 0.3) is 0 Å². The number of nitrogens with zero attached hydrogens (tertiary/aromatic N) is 2. The number of anilines is 1. The Bertz CT molecular complexity index is 1690. The Kier molecular flexibility index (Phi) is 5.80. The number of nitrogens with one attached hydrogen (secondary N) is 1. The lowest BCUT2D eigenvalue weighted by Crippen LogP contribution is -2.18. The number of carbonyl (C=O) groups is 1. The van der Waals surface area contributed by atoms with Gasteiger partial charge in [0.2, 0.25) is 20.0 Å².